The molecule has 0 unspecified atom stereocenters. The Bertz CT molecular complexity index is 401. The molecule has 0 heterocycles. The van der Waals surface area contributed by atoms with E-state index in [9.17, 15) is 4.79 Å². The number of carbonyl (C=O) groups excluding carboxylic acids is 1. The number of benzene rings is 1. The highest BCUT2D eigenvalue weighted by Crippen LogP contribution is 2.24. The van der Waals surface area contributed by atoms with Gasteiger partial charge in [-0.05, 0) is 61.9 Å². The number of hydrogen-bond donors (Lipinski definition) is 2. The zero-order valence-electron chi connectivity index (χ0n) is 10.2. The highest BCUT2D eigenvalue weighted by molar-refractivity contribution is 5.90. The van der Waals surface area contributed by atoms with Crippen molar-refractivity contribution >= 4 is 11.6 Å². The van der Waals surface area contributed by atoms with E-state index in [1.165, 1.54) is 24.0 Å². The van der Waals surface area contributed by atoms with Gasteiger partial charge in [0.05, 0.1) is 0 Å². The number of anilines is 1. The van der Waals surface area contributed by atoms with Crippen LogP contribution in [0, 0.1) is 0 Å². The van der Waals surface area contributed by atoms with Crippen LogP contribution in [0.5, 0.6) is 0 Å². The molecular formula is C14H20N2O. The summed E-state index contributed by atoms with van der Waals surface area (Å²) in [6.45, 7) is 0.659. The van der Waals surface area contributed by atoms with Crippen molar-refractivity contribution in [3.8, 4) is 0 Å². The van der Waals surface area contributed by atoms with Gasteiger partial charge < -0.3 is 11.1 Å². The van der Waals surface area contributed by atoms with Gasteiger partial charge in [0.1, 0.15) is 0 Å². The van der Waals surface area contributed by atoms with Crippen LogP contribution < -0.4 is 11.1 Å². The van der Waals surface area contributed by atoms with E-state index in [1.54, 1.807) is 0 Å². The van der Waals surface area contributed by atoms with Gasteiger partial charge in [-0.25, -0.2) is 0 Å². The van der Waals surface area contributed by atoms with Crippen LogP contribution in [0.1, 0.15) is 36.8 Å². The Morgan fingerprint density at radius 2 is 2.06 bits per heavy atom. The van der Waals surface area contributed by atoms with E-state index in [4.69, 9.17) is 5.73 Å². The van der Waals surface area contributed by atoms with Gasteiger partial charge >= 0.3 is 0 Å². The van der Waals surface area contributed by atoms with Crippen molar-refractivity contribution in [1.82, 2.24) is 0 Å². The first-order chi connectivity index (χ1) is 8.29. The second kappa shape index (κ2) is 5.82. The third kappa shape index (κ3) is 3.30. The molecular weight excluding hydrogens is 212 g/mol. The summed E-state index contributed by atoms with van der Waals surface area (Å²) in [4.78, 5) is 11.6. The summed E-state index contributed by atoms with van der Waals surface area (Å²) < 4.78 is 0. The van der Waals surface area contributed by atoms with Crippen LogP contribution in [0.25, 0.3) is 0 Å². The zero-order chi connectivity index (χ0) is 12.1. The van der Waals surface area contributed by atoms with Gasteiger partial charge in [0.2, 0.25) is 5.91 Å². The molecule has 1 aromatic carbocycles. The third-order valence-electron chi connectivity index (χ3n) is 3.24. The lowest BCUT2D eigenvalue weighted by atomic mass is 10.1. The molecule has 1 amide bonds. The first kappa shape index (κ1) is 12.1. The molecule has 3 heteroatoms. The number of carbonyl (C=O) groups is 1. The lowest BCUT2D eigenvalue weighted by Crippen LogP contribution is -2.12. The van der Waals surface area contributed by atoms with Crippen LogP contribution in [0.2, 0.25) is 0 Å². The zero-order valence-corrected chi connectivity index (χ0v) is 10.2. The number of nitrogens with two attached hydrogens (primary N) is 1. The third-order valence-corrected chi connectivity index (χ3v) is 3.24. The Labute approximate surface area is 102 Å². The SMILES string of the molecule is NCCCCC(=O)Nc1ccc2c(c1)CCC2. The van der Waals surface area contributed by atoms with Crippen molar-refractivity contribution in [3.05, 3.63) is 29.3 Å². The van der Waals surface area contributed by atoms with E-state index in [1.807, 2.05) is 6.07 Å². The molecule has 0 spiro atoms. The van der Waals surface area contributed by atoms with Crippen LogP contribution in [0.4, 0.5) is 5.69 Å². The van der Waals surface area contributed by atoms with Crippen molar-refractivity contribution in [2.24, 2.45) is 5.73 Å². The molecule has 0 fully saturated rings. The second-order valence-corrected chi connectivity index (χ2v) is 4.63. The number of aryl methyl sites for hydroxylation is 2. The molecule has 3 N–H and O–H groups in total. The van der Waals surface area contributed by atoms with Crippen LogP contribution in [-0.4, -0.2) is 12.5 Å². The van der Waals surface area contributed by atoms with Crippen LogP contribution in [0.15, 0.2) is 18.2 Å². The fourth-order valence-electron chi connectivity index (χ4n) is 2.30. The Morgan fingerprint density at radius 1 is 1.24 bits per heavy atom. The van der Waals surface area contributed by atoms with Gasteiger partial charge in [0, 0.05) is 12.1 Å². The molecule has 0 aromatic heterocycles. The summed E-state index contributed by atoms with van der Waals surface area (Å²) in [7, 11) is 0. The fraction of sp³-hybridized carbons (Fsp3) is 0.500. The summed E-state index contributed by atoms with van der Waals surface area (Å²) in [5.41, 5.74) is 9.16. The quantitative estimate of drug-likeness (QED) is 0.765. The average Bonchev–Trinajstić information content (AvgIpc) is 2.76. The average molecular weight is 232 g/mol. The van der Waals surface area contributed by atoms with E-state index in [-0.39, 0.29) is 5.91 Å². The molecule has 2 rings (SSSR count). The number of amides is 1. The van der Waals surface area contributed by atoms with Crippen molar-refractivity contribution in [2.75, 3.05) is 11.9 Å². The minimum Gasteiger partial charge on any atom is -0.330 e. The first-order valence-corrected chi connectivity index (χ1v) is 6.41. The Morgan fingerprint density at radius 3 is 2.88 bits per heavy atom. The van der Waals surface area contributed by atoms with Crippen LogP contribution in [-0.2, 0) is 17.6 Å². The standard InChI is InChI=1S/C14H20N2O/c15-9-2-1-6-14(17)16-13-8-7-11-4-3-5-12(11)10-13/h7-8,10H,1-6,9,15H2,(H,16,17). The Balaban J connectivity index is 1.88. The Hall–Kier alpha value is -1.35. The number of unbranched alkanes of at least 4 members (excludes halogenated alkanes) is 1. The lowest BCUT2D eigenvalue weighted by Gasteiger charge is -2.07. The molecule has 0 aliphatic heterocycles. The molecule has 1 aromatic rings. The maximum Gasteiger partial charge on any atom is 0.224 e. The van der Waals surface area contributed by atoms with Gasteiger partial charge in [-0.15, -0.1) is 0 Å². The monoisotopic (exact) mass is 232 g/mol. The van der Waals surface area contributed by atoms with Gasteiger partial charge in [-0.3, -0.25) is 4.79 Å². The summed E-state index contributed by atoms with van der Waals surface area (Å²) in [5, 5.41) is 2.95. The van der Waals surface area contributed by atoms with E-state index < -0.39 is 0 Å². The van der Waals surface area contributed by atoms with E-state index in [2.05, 4.69) is 17.4 Å². The molecule has 3 nitrogen and oxygen atoms in total. The summed E-state index contributed by atoms with van der Waals surface area (Å²) in [6.07, 6.45) is 5.91. The highest BCUT2D eigenvalue weighted by atomic mass is 16.1. The maximum absolute atomic E-state index is 11.6. The molecule has 0 radical (unpaired) electrons. The smallest absolute Gasteiger partial charge is 0.224 e. The summed E-state index contributed by atoms with van der Waals surface area (Å²) in [5.74, 6) is 0.0939. The van der Waals surface area contributed by atoms with Crippen molar-refractivity contribution in [3.63, 3.8) is 0 Å². The van der Waals surface area contributed by atoms with Crippen molar-refractivity contribution in [1.29, 1.82) is 0 Å². The maximum atomic E-state index is 11.6. The fourth-order valence-corrected chi connectivity index (χ4v) is 2.30. The molecule has 0 saturated carbocycles. The van der Waals surface area contributed by atoms with E-state index in [0.29, 0.717) is 13.0 Å². The Kier molecular flexibility index (Phi) is 4.15. The van der Waals surface area contributed by atoms with Crippen LogP contribution in [0.3, 0.4) is 0 Å². The predicted molar refractivity (Wildman–Crippen MR) is 70.0 cm³/mol. The summed E-state index contributed by atoms with van der Waals surface area (Å²) >= 11 is 0. The van der Waals surface area contributed by atoms with Crippen molar-refractivity contribution in [2.45, 2.75) is 38.5 Å². The predicted octanol–water partition coefficient (Wildman–Crippen LogP) is 2.24. The molecule has 0 atom stereocenters. The van der Waals surface area contributed by atoms with Gasteiger partial charge in [0.15, 0.2) is 0 Å². The molecule has 0 saturated heterocycles. The first-order valence-electron chi connectivity index (χ1n) is 6.41. The minimum atomic E-state index is 0.0939. The number of hydrogen-bond acceptors (Lipinski definition) is 2. The molecule has 1 aliphatic rings. The summed E-state index contributed by atoms with van der Waals surface area (Å²) in [6, 6.07) is 6.26. The minimum absolute atomic E-state index is 0.0939. The van der Waals surface area contributed by atoms with E-state index >= 15 is 0 Å². The van der Waals surface area contributed by atoms with Crippen molar-refractivity contribution < 1.29 is 4.79 Å². The normalized spacial score (nSPS) is 13.5. The lowest BCUT2D eigenvalue weighted by molar-refractivity contribution is -0.116. The number of fused-ring (bicyclic) bond motifs is 1. The van der Waals surface area contributed by atoms with Gasteiger partial charge in [-0.2, -0.15) is 0 Å². The molecule has 17 heavy (non-hydrogen) atoms. The topological polar surface area (TPSA) is 55.1 Å². The van der Waals surface area contributed by atoms with E-state index in [0.717, 1.165) is 24.9 Å². The molecule has 92 valence electrons. The van der Waals surface area contributed by atoms with Gasteiger partial charge in [0.25, 0.3) is 0 Å². The van der Waals surface area contributed by atoms with Crippen LogP contribution >= 0.6 is 0 Å². The largest absolute Gasteiger partial charge is 0.330 e. The number of nitrogens with one attached hydrogen (secondary N) is 1. The highest BCUT2D eigenvalue weighted by Gasteiger charge is 2.11. The second-order valence-electron chi connectivity index (χ2n) is 4.63. The number of rotatable bonds is 5. The molecule has 1 aliphatic carbocycles. The van der Waals surface area contributed by atoms with Gasteiger partial charge in [-0.1, -0.05) is 6.07 Å². The molecule has 0 bridgehead atoms.